The summed E-state index contributed by atoms with van der Waals surface area (Å²) in [5.41, 5.74) is 0.890. The monoisotopic (exact) mass is 466 g/mol. The number of carbonyl (C=O) groups excluding carboxylic acids is 1. The molecule has 0 N–H and O–H groups in total. The van der Waals surface area contributed by atoms with E-state index in [4.69, 9.17) is 24.2 Å². The lowest BCUT2D eigenvalue weighted by Crippen LogP contribution is -2.59. The molecular weight excluding hydrogens is 432 g/mol. The van der Waals surface area contributed by atoms with Crippen molar-refractivity contribution < 1.29 is 19.0 Å². The molecule has 1 atom stereocenters. The second-order valence-electron chi connectivity index (χ2n) is 9.39. The summed E-state index contributed by atoms with van der Waals surface area (Å²) >= 11 is 0. The van der Waals surface area contributed by atoms with Crippen LogP contribution >= 0.6 is 0 Å². The standard InChI is InChI=1S/C26H34N4O4/c1-19-17-24(34-22-5-3-2-4-6-22)28-25(27-19)20-7-11-29(12-8-20)26(31)23-18-33-16-13-30(23)21-9-14-32-15-10-21/h2-6,17,20-21,23H,7-16,18H2,1H3/t23-/m1/s1. The first-order valence-electron chi connectivity index (χ1n) is 12.5. The van der Waals surface area contributed by atoms with Crippen LogP contribution in [-0.2, 0) is 14.3 Å². The van der Waals surface area contributed by atoms with Crippen molar-refractivity contribution in [2.24, 2.45) is 0 Å². The number of piperidine rings is 1. The summed E-state index contributed by atoms with van der Waals surface area (Å²) < 4.78 is 17.2. The van der Waals surface area contributed by atoms with Gasteiger partial charge in [0.15, 0.2) is 0 Å². The summed E-state index contributed by atoms with van der Waals surface area (Å²) in [6, 6.07) is 11.8. The number of likely N-dealkylation sites (tertiary alicyclic amines) is 1. The number of amides is 1. The van der Waals surface area contributed by atoms with Crippen LogP contribution in [-0.4, -0.2) is 83.8 Å². The number of rotatable bonds is 5. The molecule has 3 fully saturated rings. The zero-order chi connectivity index (χ0) is 23.3. The van der Waals surface area contributed by atoms with Crippen LogP contribution in [0, 0.1) is 6.92 Å². The van der Waals surface area contributed by atoms with E-state index >= 15 is 0 Å². The summed E-state index contributed by atoms with van der Waals surface area (Å²) in [6.45, 7) is 6.95. The fraction of sp³-hybridized carbons (Fsp3) is 0.577. The molecule has 0 saturated carbocycles. The van der Waals surface area contributed by atoms with Crippen molar-refractivity contribution in [3.8, 4) is 11.6 Å². The SMILES string of the molecule is Cc1cc(Oc2ccccc2)nc(C2CCN(C(=O)[C@H]3COCCN3C3CCOCC3)CC2)n1. The lowest BCUT2D eigenvalue weighted by atomic mass is 9.95. The lowest BCUT2D eigenvalue weighted by Gasteiger charge is -2.44. The molecule has 3 aliphatic heterocycles. The van der Waals surface area contributed by atoms with Crippen molar-refractivity contribution in [3.63, 3.8) is 0 Å². The molecule has 34 heavy (non-hydrogen) atoms. The van der Waals surface area contributed by atoms with Gasteiger partial charge < -0.3 is 19.1 Å². The first-order valence-corrected chi connectivity index (χ1v) is 12.5. The van der Waals surface area contributed by atoms with Crippen LogP contribution in [0.2, 0.25) is 0 Å². The number of aryl methyl sites for hydroxylation is 1. The van der Waals surface area contributed by atoms with Crippen molar-refractivity contribution in [2.45, 2.75) is 50.6 Å². The van der Waals surface area contributed by atoms with Crippen LogP contribution in [0.3, 0.4) is 0 Å². The highest BCUT2D eigenvalue weighted by atomic mass is 16.5. The topological polar surface area (TPSA) is 77.0 Å². The zero-order valence-corrected chi connectivity index (χ0v) is 19.9. The predicted molar refractivity (Wildman–Crippen MR) is 127 cm³/mol. The van der Waals surface area contributed by atoms with E-state index in [1.807, 2.05) is 48.2 Å². The van der Waals surface area contributed by atoms with E-state index in [1.165, 1.54) is 0 Å². The summed E-state index contributed by atoms with van der Waals surface area (Å²) in [5.74, 6) is 2.55. The van der Waals surface area contributed by atoms with Gasteiger partial charge in [0, 0.05) is 56.6 Å². The van der Waals surface area contributed by atoms with Gasteiger partial charge in [0.2, 0.25) is 11.8 Å². The van der Waals surface area contributed by atoms with E-state index in [1.54, 1.807) is 0 Å². The second-order valence-corrected chi connectivity index (χ2v) is 9.39. The Morgan fingerprint density at radius 2 is 1.74 bits per heavy atom. The Balaban J connectivity index is 1.21. The third-order valence-electron chi connectivity index (χ3n) is 7.10. The van der Waals surface area contributed by atoms with Gasteiger partial charge in [-0.05, 0) is 44.7 Å². The minimum Gasteiger partial charge on any atom is -0.439 e. The highest BCUT2D eigenvalue weighted by Crippen LogP contribution is 2.30. The van der Waals surface area contributed by atoms with E-state index in [0.717, 1.165) is 62.7 Å². The Labute approximate surface area is 201 Å². The van der Waals surface area contributed by atoms with Crippen LogP contribution in [0.1, 0.15) is 43.1 Å². The highest BCUT2D eigenvalue weighted by Gasteiger charge is 2.38. The van der Waals surface area contributed by atoms with Crippen molar-refractivity contribution >= 4 is 5.91 Å². The van der Waals surface area contributed by atoms with Gasteiger partial charge in [-0.2, -0.15) is 4.98 Å². The highest BCUT2D eigenvalue weighted by molar-refractivity contribution is 5.82. The van der Waals surface area contributed by atoms with E-state index in [9.17, 15) is 4.79 Å². The van der Waals surface area contributed by atoms with Crippen molar-refractivity contribution in [1.29, 1.82) is 0 Å². The van der Waals surface area contributed by atoms with E-state index in [2.05, 4.69) is 4.90 Å². The van der Waals surface area contributed by atoms with Gasteiger partial charge in [-0.3, -0.25) is 9.69 Å². The largest absolute Gasteiger partial charge is 0.439 e. The molecule has 8 nitrogen and oxygen atoms in total. The Morgan fingerprint density at radius 1 is 0.971 bits per heavy atom. The maximum absolute atomic E-state index is 13.5. The predicted octanol–water partition coefficient (Wildman–Crippen LogP) is 3.16. The zero-order valence-electron chi connectivity index (χ0n) is 19.9. The molecule has 2 aromatic rings. The van der Waals surface area contributed by atoms with Gasteiger partial charge in [0.1, 0.15) is 17.6 Å². The van der Waals surface area contributed by atoms with E-state index in [-0.39, 0.29) is 17.9 Å². The van der Waals surface area contributed by atoms with Crippen LogP contribution in [0.5, 0.6) is 11.6 Å². The van der Waals surface area contributed by atoms with Gasteiger partial charge in [0.25, 0.3) is 0 Å². The Kier molecular flexibility index (Phi) is 7.37. The molecule has 3 saturated heterocycles. The quantitative estimate of drug-likeness (QED) is 0.670. The van der Waals surface area contributed by atoms with Gasteiger partial charge in [-0.1, -0.05) is 18.2 Å². The summed E-state index contributed by atoms with van der Waals surface area (Å²) in [5, 5.41) is 0. The number of morpholine rings is 1. The number of benzene rings is 1. The van der Waals surface area contributed by atoms with Gasteiger partial charge in [0.05, 0.1) is 13.2 Å². The summed E-state index contributed by atoms with van der Waals surface area (Å²) in [6.07, 6.45) is 3.68. The summed E-state index contributed by atoms with van der Waals surface area (Å²) in [7, 11) is 0. The number of para-hydroxylation sites is 1. The molecule has 0 bridgehead atoms. The molecule has 182 valence electrons. The van der Waals surface area contributed by atoms with Crippen molar-refractivity contribution in [3.05, 3.63) is 47.9 Å². The average Bonchev–Trinajstić information content (AvgIpc) is 2.89. The smallest absolute Gasteiger partial charge is 0.242 e. The molecule has 4 heterocycles. The Bertz CT molecular complexity index is 959. The molecule has 0 aliphatic carbocycles. The first-order chi connectivity index (χ1) is 16.7. The van der Waals surface area contributed by atoms with Crippen LogP contribution in [0.15, 0.2) is 36.4 Å². The Hall–Kier alpha value is -2.55. The number of hydrogen-bond acceptors (Lipinski definition) is 7. The number of nitrogens with zero attached hydrogens (tertiary/aromatic N) is 4. The number of aromatic nitrogens is 2. The number of hydrogen-bond donors (Lipinski definition) is 0. The van der Waals surface area contributed by atoms with E-state index < -0.39 is 0 Å². The molecule has 3 aliphatic rings. The maximum Gasteiger partial charge on any atom is 0.242 e. The average molecular weight is 467 g/mol. The van der Waals surface area contributed by atoms with Gasteiger partial charge in [-0.25, -0.2) is 4.98 Å². The number of carbonyl (C=O) groups is 1. The molecule has 0 unspecified atom stereocenters. The third kappa shape index (κ3) is 5.40. The number of ether oxygens (including phenoxy) is 3. The molecule has 8 heteroatoms. The molecule has 1 aromatic carbocycles. The minimum atomic E-state index is -0.186. The third-order valence-corrected chi connectivity index (χ3v) is 7.10. The van der Waals surface area contributed by atoms with Crippen molar-refractivity contribution in [2.75, 3.05) is 46.1 Å². The minimum absolute atomic E-state index is 0.186. The molecular formula is C26H34N4O4. The maximum atomic E-state index is 13.5. The van der Waals surface area contributed by atoms with Crippen LogP contribution in [0.4, 0.5) is 0 Å². The fourth-order valence-corrected chi connectivity index (χ4v) is 5.26. The summed E-state index contributed by atoms with van der Waals surface area (Å²) in [4.78, 5) is 27.3. The Morgan fingerprint density at radius 3 is 2.50 bits per heavy atom. The van der Waals surface area contributed by atoms with Crippen molar-refractivity contribution in [1.82, 2.24) is 19.8 Å². The molecule has 1 aromatic heterocycles. The molecule has 5 rings (SSSR count). The van der Waals surface area contributed by atoms with Gasteiger partial charge >= 0.3 is 0 Å². The van der Waals surface area contributed by atoms with E-state index in [0.29, 0.717) is 38.2 Å². The molecule has 0 radical (unpaired) electrons. The fourth-order valence-electron chi connectivity index (χ4n) is 5.26. The lowest BCUT2D eigenvalue weighted by molar-refractivity contribution is -0.148. The first kappa shape index (κ1) is 23.2. The van der Waals surface area contributed by atoms with Gasteiger partial charge in [-0.15, -0.1) is 0 Å². The van der Waals surface area contributed by atoms with Crippen LogP contribution in [0.25, 0.3) is 0 Å². The molecule has 0 spiro atoms. The normalized spacial score (nSPS) is 23.1. The second kappa shape index (κ2) is 10.8. The molecule has 1 amide bonds. The van der Waals surface area contributed by atoms with Crippen LogP contribution < -0.4 is 4.74 Å².